The Hall–Kier alpha value is -4.26. The van der Waals surface area contributed by atoms with Crippen LogP contribution in [0.25, 0.3) is 0 Å². The average molecular weight is 438 g/mol. The molecule has 0 radical (unpaired) electrons. The number of carbonyl (C=O) groups is 2. The molecule has 0 aromatic heterocycles. The number of nitrogens with zero attached hydrogens (tertiary/aromatic N) is 2. The fourth-order valence-electron chi connectivity index (χ4n) is 2.60. The molecular weight excluding hydrogens is 416 g/mol. The molecule has 0 spiro atoms. The monoisotopic (exact) mass is 438 g/mol. The van der Waals surface area contributed by atoms with Gasteiger partial charge in [0, 0.05) is 17.8 Å². The van der Waals surface area contributed by atoms with Gasteiger partial charge in [0.2, 0.25) is 12.2 Å². The maximum Gasteiger partial charge on any atom is 0.411 e. The zero-order chi connectivity index (χ0) is 23.2. The first-order chi connectivity index (χ1) is 15.5. The van der Waals surface area contributed by atoms with Crippen LogP contribution in [0, 0.1) is 0 Å². The molecule has 10 nitrogen and oxygen atoms in total. The molecule has 0 saturated heterocycles. The molecule has 2 N–H and O–H groups in total. The minimum atomic E-state index is -0.660. The van der Waals surface area contributed by atoms with Crippen molar-refractivity contribution in [2.45, 2.75) is 32.5 Å². The smallest absolute Gasteiger partial charge is 0.411 e. The molecule has 0 heterocycles. The van der Waals surface area contributed by atoms with Gasteiger partial charge in [0.1, 0.15) is 6.10 Å². The van der Waals surface area contributed by atoms with E-state index in [1.165, 1.54) is 12.2 Å². The van der Waals surface area contributed by atoms with Gasteiger partial charge in [0.05, 0.1) is 19.7 Å². The van der Waals surface area contributed by atoms with Gasteiger partial charge in [-0.3, -0.25) is 10.6 Å². The van der Waals surface area contributed by atoms with E-state index in [0.717, 1.165) is 11.1 Å². The summed E-state index contributed by atoms with van der Waals surface area (Å²) in [5.41, 5.74) is 2.47. The van der Waals surface area contributed by atoms with Gasteiger partial charge in [0.15, 0.2) is 0 Å². The summed E-state index contributed by atoms with van der Waals surface area (Å²) < 4.78 is 10.3. The van der Waals surface area contributed by atoms with Crippen molar-refractivity contribution in [1.82, 2.24) is 0 Å². The van der Waals surface area contributed by atoms with Crippen molar-refractivity contribution >= 4 is 35.7 Å². The predicted octanol–water partition coefficient (Wildman–Crippen LogP) is 3.93. The van der Waals surface area contributed by atoms with Crippen LogP contribution in [0.2, 0.25) is 0 Å². The molecule has 32 heavy (non-hydrogen) atoms. The Bertz CT molecular complexity index is 1030. The van der Waals surface area contributed by atoms with E-state index in [1.807, 2.05) is 0 Å². The number of benzene rings is 2. The Morgan fingerprint density at radius 3 is 1.97 bits per heavy atom. The first-order valence-electron chi connectivity index (χ1n) is 9.66. The minimum Gasteiger partial charge on any atom is -0.449 e. The van der Waals surface area contributed by atoms with E-state index < -0.39 is 18.3 Å². The third-order valence-electron chi connectivity index (χ3n) is 4.06. The number of nitrogens with one attached hydrogen (secondary N) is 2. The normalized spacial score (nSPS) is 10.7. The summed E-state index contributed by atoms with van der Waals surface area (Å²) in [6, 6.07) is 13.6. The number of rotatable bonds is 10. The van der Waals surface area contributed by atoms with Crippen molar-refractivity contribution in [2.75, 3.05) is 17.2 Å². The van der Waals surface area contributed by atoms with E-state index in [9.17, 15) is 19.2 Å². The Morgan fingerprint density at radius 1 is 0.906 bits per heavy atom. The number of amides is 2. The number of carbonyl (C=O) groups excluding carboxylic acids is 4. The Morgan fingerprint density at radius 2 is 1.44 bits per heavy atom. The third kappa shape index (κ3) is 9.04. The Balaban J connectivity index is 1.72. The van der Waals surface area contributed by atoms with Crippen LogP contribution in [-0.2, 0) is 32.2 Å². The second-order valence-corrected chi connectivity index (χ2v) is 6.61. The summed E-state index contributed by atoms with van der Waals surface area (Å²) in [5, 5.41) is 5.16. The topological polar surface area (TPSA) is 136 Å². The summed E-state index contributed by atoms with van der Waals surface area (Å²) in [6.07, 6.45) is 1.39. The highest BCUT2D eigenvalue weighted by Gasteiger charge is 2.12. The fourth-order valence-corrected chi connectivity index (χ4v) is 2.60. The minimum absolute atomic E-state index is 0.0363. The summed E-state index contributed by atoms with van der Waals surface area (Å²) in [4.78, 5) is 51.3. The molecule has 166 valence electrons. The molecule has 0 fully saturated rings. The van der Waals surface area contributed by atoms with E-state index in [0.29, 0.717) is 17.8 Å². The number of hydrogen-bond donors (Lipinski definition) is 2. The van der Waals surface area contributed by atoms with Crippen LogP contribution in [0.5, 0.6) is 0 Å². The van der Waals surface area contributed by atoms with Gasteiger partial charge in [-0.25, -0.2) is 29.2 Å². The zero-order valence-corrected chi connectivity index (χ0v) is 17.4. The quantitative estimate of drug-likeness (QED) is 0.426. The molecule has 2 amide bonds. The molecule has 0 saturated carbocycles. The SMILES string of the molecule is CC(CCOC(=O)Nc1cccc(CN=C=O)c1)OC(=O)Nc1cccc(CN=C=O)c1. The van der Waals surface area contributed by atoms with Crippen LogP contribution in [0.1, 0.15) is 24.5 Å². The Kier molecular flexibility index (Phi) is 9.85. The molecule has 2 rings (SSSR count). The van der Waals surface area contributed by atoms with Gasteiger partial charge in [-0.2, -0.15) is 0 Å². The van der Waals surface area contributed by atoms with Crippen LogP contribution in [0.3, 0.4) is 0 Å². The summed E-state index contributed by atoms with van der Waals surface area (Å²) >= 11 is 0. The van der Waals surface area contributed by atoms with Crippen molar-refractivity contribution in [3.05, 3.63) is 59.7 Å². The molecule has 1 atom stereocenters. The maximum absolute atomic E-state index is 12.0. The van der Waals surface area contributed by atoms with Crippen molar-refractivity contribution in [3.63, 3.8) is 0 Å². The lowest BCUT2D eigenvalue weighted by molar-refractivity contribution is 0.0943. The standard InChI is InChI=1S/C22H22N4O6/c1-16(32-22(30)26-20-7-3-5-18(11-20)13-24-15-28)8-9-31-21(29)25-19-6-2-4-17(10-19)12-23-14-27/h2-7,10-11,16H,8-9,12-13H2,1H3,(H,25,29)(H,26,30). The highest BCUT2D eigenvalue weighted by atomic mass is 16.6. The average Bonchev–Trinajstić information content (AvgIpc) is 2.76. The first-order valence-corrected chi connectivity index (χ1v) is 9.66. The molecule has 2 aromatic carbocycles. The highest BCUT2D eigenvalue weighted by Crippen LogP contribution is 2.13. The molecule has 0 bridgehead atoms. The van der Waals surface area contributed by atoms with E-state index in [1.54, 1.807) is 55.5 Å². The number of hydrogen-bond acceptors (Lipinski definition) is 8. The number of ether oxygens (including phenoxy) is 2. The molecule has 1 unspecified atom stereocenters. The summed E-state index contributed by atoms with van der Waals surface area (Å²) in [5.74, 6) is 0. The van der Waals surface area contributed by atoms with E-state index in [-0.39, 0.29) is 19.7 Å². The Labute approximate surface area is 184 Å². The van der Waals surface area contributed by atoms with Gasteiger partial charge in [-0.15, -0.1) is 0 Å². The molecule has 0 aliphatic carbocycles. The van der Waals surface area contributed by atoms with Crippen LogP contribution in [0.4, 0.5) is 21.0 Å². The summed E-state index contributed by atoms with van der Waals surface area (Å²) in [7, 11) is 0. The number of anilines is 2. The van der Waals surface area contributed by atoms with Gasteiger partial charge in [0.25, 0.3) is 0 Å². The lowest BCUT2D eigenvalue weighted by atomic mass is 10.2. The molecular formula is C22H22N4O6. The van der Waals surface area contributed by atoms with E-state index in [4.69, 9.17) is 9.47 Å². The fraction of sp³-hybridized carbons (Fsp3) is 0.273. The van der Waals surface area contributed by atoms with E-state index >= 15 is 0 Å². The number of isocyanates is 2. The van der Waals surface area contributed by atoms with Gasteiger partial charge < -0.3 is 9.47 Å². The summed E-state index contributed by atoms with van der Waals surface area (Å²) in [6.45, 7) is 2.05. The van der Waals surface area contributed by atoms with Crippen molar-refractivity contribution in [1.29, 1.82) is 0 Å². The van der Waals surface area contributed by atoms with Crippen LogP contribution in [0.15, 0.2) is 58.5 Å². The third-order valence-corrected chi connectivity index (χ3v) is 4.06. The number of aliphatic imine (C=N–C) groups is 2. The van der Waals surface area contributed by atoms with Crippen LogP contribution >= 0.6 is 0 Å². The lowest BCUT2D eigenvalue weighted by Gasteiger charge is -2.14. The van der Waals surface area contributed by atoms with Gasteiger partial charge >= 0.3 is 12.2 Å². The second kappa shape index (κ2) is 13.1. The predicted molar refractivity (Wildman–Crippen MR) is 116 cm³/mol. The lowest BCUT2D eigenvalue weighted by Crippen LogP contribution is -2.23. The van der Waals surface area contributed by atoms with Gasteiger partial charge in [-0.1, -0.05) is 24.3 Å². The van der Waals surface area contributed by atoms with Crippen molar-refractivity contribution < 1.29 is 28.7 Å². The molecule has 0 aliphatic rings. The molecule has 0 aliphatic heterocycles. The van der Waals surface area contributed by atoms with Gasteiger partial charge in [-0.05, 0) is 42.3 Å². The van der Waals surface area contributed by atoms with Crippen LogP contribution in [-0.4, -0.2) is 37.1 Å². The highest BCUT2D eigenvalue weighted by molar-refractivity contribution is 5.85. The molecule has 2 aromatic rings. The first kappa shape index (κ1) is 24.0. The van der Waals surface area contributed by atoms with Crippen LogP contribution < -0.4 is 10.6 Å². The molecule has 10 heteroatoms. The maximum atomic E-state index is 12.0. The second-order valence-electron chi connectivity index (χ2n) is 6.61. The van der Waals surface area contributed by atoms with Crippen molar-refractivity contribution in [3.8, 4) is 0 Å². The van der Waals surface area contributed by atoms with Crippen molar-refractivity contribution in [2.24, 2.45) is 9.98 Å². The van der Waals surface area contributed by atoms with E-state index in [2.05, 4.69) is 20.6 Å². The zero-order valence-electron chi connectivity index (χ0n) is 17.4. The largest absolute Gasteiger partial charge is 0.449 e.